The third kappa shape index (κ3) is 4.76. The molecule has 0 aliphatic rings. The summed E-state index contributed by atoms with van der Waals surface area (Å²) >= 11 is 6.07. The molecule has 1 aromatic carbocycles. The van der Waals surface area contributed by atoms with E-state index in [1.54, 1.807) is 26.8 Å². The first-order valence-electron chi connectivity index (χ1n) is 6.96. The van der Waals surface area contributed by atoms with E-state index in [0.717, 1.165) is 0 Å². The molecule has 1 rings (SSSR count). The Labute approximate surface area is 141 Å². The summed E-state index contributed by atoms with van der Waals surface area (Å²) in [6.45, 7) is 6.72. The van der Waals surface area contributed by atoms with Crippen LogP contribution in [-0.2, 0) is 15.1 Å². The maximum absolute atomic E-state index is 12.0. The van der Waals surface area contributed by atoms with Crippen molar-refractivity contribution in [1.82, 2.24) is 5.32 Å². The van der Waals surface area contributed by atoms with Crippen LogP contribution in [0.2, 0.25) is 5.02 Å². The van der Waals surface area contributed by atoms with Crippen molar-refractivity contribution in [3.05, 3.63) is 22.7 Å². The van der Waals surface area contributed by atoms with E-state index in [2.05, 4.69) is 5.32 Å². The number of hydrogen-bond donors (Lipinski definition) is 1. The van der Waals surface area contributed by atoms with E-state index in [-0.39, 0.29) is 0 Å². The van der Waals surface area contributed by atoms with Crippen LogP contribution in [0.1, 0.15) is 33.3 Å². The van der Waals surface area contributed by atoms with Crippen LogP contribution in [0.15, 0.2) is 12.1 Å². The highest BCUT2D eigenvalue weighted by Crippen LogP contribution is 2.39. The molecule has 0 saturated carbocycles. The quantitative estimate of drug-likeness (QED) is 0.830. The summed E-state index contributed by atoms with van der Waals surface area (Å²) < 4.78 is 15.7. The van der Waals surface area contributed by atoms with E-state index in [9.17, 15) is 9.59 Å². The number of halogens is 1. The second-order valence-corrected chi connectivity index (χ2v) is 6.57. The highest BCUT2D eigenvalue weighted by Gasteiger charge is 2.35. The van der Waals surface area contributed by atoms with Crippen LogP contribution in [0.5, 0.6) is 11.5 Å². The van der Waals surface area contributed by atoms with Gasteiger partial charge in [-0.25, -0.2) is 4.79 Å². The van der Waals surface area contributed by atoms with Gasteiger partial charge in [0, 0.05) is 16.7 Å². The Balaban J connectivity index is 3.30. The lowest BCUT2D eigenvalue weighted by molar-refractivity contribution is -0.113. The first-order valence-corrected chi connectivity index (χ1v) is 7.33. The number of benzene rings is 1. The fourth-order valence-electron chi connectivity index (χ4n) is 1.99. The number of nitrogens with one attached hydrogen (secondary N) is 1. The summed E-state index contributed by atoms with van der Waals surface area (Å²) in [7, 11) is 2.89. The molecule has 7 heteroatoms. The largest absolute Gasteiger partial charge is 0.493 e. The average molecular weight is 344 g/mol. The molecule has 1 unspecified atom stereocenters. The summed E-state index contributed by atoms with van der Waals surface area (Å²) in [5.74, 6) is 0.664. The standard InChI is InChI=1S/C16H22ClNO5/c1-15(2,3)23-14(20)18-16(4,9-19)11-7-10(17)8-12(21-5)13(11)22-6/h7-9H,1-6H3,(H,18,20). The molecule has 0 aliphatic heterocycles. The molecule has 0 heterocycles. The van der Waals surface area contributed by atoms with Crippen LogP contribution in [-0.4, -0.2) is 32.2 Å². The van der Waals surface area contributed by atoms with Crippen molar-refractivity contribution >= 4 is 24.0 Å². The Hall–Kier alpha value is -1.95. The lowest BCUT2D eigenvalue weighted by Crippen LogP contribution is -2.47. The molecule has 0 spiro atoms. The van der Waals surface area contributed by atoms with Crippen LogP contribution in [0, 0.1) is 0 Å². The van der Waals surface area contributed by atoms with E-state index in [4.69, 9.17) is 25.8 Å². The SMILES string of the molecule is COc1cc(Cl)cc(C(C)(C=O)NC(=O)OC(C)(C)C)c1OC. The fourth-order valence-corrected chi connectivity index (χ4v) is 2.20. The van der Waals surface area contributed by atoms with E-state index >= 15 is 0 Å². The maximum Gasteiger partial charge on any atom is 0.408 e. The first-order chi connectivity index (χ1) is 10.6. The molecule has 0 saturated heterocycles. The second kappa shape index (κ2) is 7.08. The zero-order chi connectivity index (χ0) is 17.8. The molecule has 0 radical (unpaired) electrons. The average Bonchev–Trinajstić information content (AvgIpc) is 2.43. The van der Waals surface area contributed by atoms with Crippen molar-refractivity contribution in [1.29, 1.82) is 0 Å². The van der Waals surface area contributed by atoms with E-state index in [1.165, 1.54) is 27.2 Å². The van der Waals surface area contributed by atoms with Crippen LogP contribution in [0.4, 0.5) is 4.79 Å². The predicted octanol–water partition coefficient (Wildman–Crippen LogP) is 3.30. The van der Waals surface area contributed by atoms with Gasteiger partial charge in [0.2, 0.25) is 0 Å². The molecule has 1 atom stereocenters. The number of carbonyl (C=O) groups excluding carboxylic acids is 2. The third-order valence-electron chi connectivity index (χ3n) is 3.00. The highest BCUT2D eigenvalue weighted by molar-refractivity contribution is 6.30. The molecular formula is C16H22ClNO5. The summed E-state index contributed by atoms with van der Waals surface area (Å²) in [5.41, 5.74) is -1.72. The molecule has 23 heavy (non-hydrogen) atoms. The number of carbonyl (C=O) groups is 2. The molecule has 128 valence electrons. The number of ether oxygens (including phenoxy) is 3. The highest BCUT2D eigenvalue weighted by atomic mass is 35.5. The number of alkyl carbamates (subject to hydrolysis) is 1. The van der Waals surface area contributed by atoms with Crippen molar-refractivity contribution in [3.63, 3.8) is 0 Å². The molecule has 6 nitrogen and oxygen atoms in total. The fraction of sp³-hybridized carbons (Fsp3) is 0.500. The maximum atomic E-state index is 12.0. The van der Waals surface area contributed by atoms with Gasteiger partial charge < -0.3 is 24.3 Å². The monoisotopic (exact) mass is 343 g/mol. The topological polar surface area (TPSA) is 73.9 Å². The number of hydrogen-bond acceptors (Lipinski definition) is 5. The van der Waals surface area contributed by atoms with Gasteiger partial charge in [-0.2, -0.15) is 0 Å². The Kier molecular flexibility index (Phi) is 5.88. The summed E-state index contributed by atoms with van der Waals surface area (Å²) in [6.07, 6.45) is -0.141. The normalized spacial score (nSPS) is 13.7. The molecule has 1 N–H and O–H groups in total. The van der Waals surface area contributed by atoms with Gasteiger partial charge in [-0.15, -0.1) is 0 Å². The lowest BCUT2D eigenvalue weighted by atomic mass is 9.92. The van der Waals surface area contributed by atoms with Crippen molar-refractivity contribution in [2.45, 2.75) is 38.8 Å². The minimum atomic E-state index is -1.40. The van der Waals surface area contributed by atoms with Crippen molar-refractivity contribution in [2.24, 2.45) is 0 Å². The smallest absolute Gasteiger partial charge is 0.408 e. The minimum absolute atomic E-state index is 0.308. The van der Waals surface area contributed by atoms with Crippen LogP contribution < -0.4 is 14.8 Å². The van der Waals surface area contributed by atoms with E-state index in [1.807, 2.05) is 0 Å². The minimum Gasteiger partial charge on any atom is -0.493 e. The van der Waals surface area contributed by atoms with E-state index < -0.39 is 17.2 Å². The zero-order valence-electron chi connectivity index (χ0n) is 14.2. The van der Waals surface area contributed by atoms with Gasteiger partial charge in [0.1, 0.15) is 17.4 Å². The van der Waals surface area contributed by atoms with Gasteiger partial charge in [0.05, 0.1) is 14.2 Å². The Morgan fingerprint density at radius 1 is 1.17 bits per heavy atom. The zero-order valence-corrected chi connectivity index (χ0v) is 14.9. The second-order valence-electron chi connectivity index (χ2n) is 6.14. The van der Waals surface area contributed by atoms with Gasteiger partial charge in [-0.1, -0.05) is 11.6 Å². The Morgan fingerprint density at radius 2 is 1.78 bits per heavy atom. The van der Waals surface area contributed by atoms with Gasteiger partial charge in [0.25, 0.3) is 0 Å². The third-order valence-corrected chi connectivity index (χ3v) is 3.22. The lowest BCUT2D eigenvalue weighted by Gasteiger charge is -2.29. The van der Waals surface area contributed by atoms with Gasteiger partial charge in [-0.3, -0.25) is 0 Å². The summed E-state index contributed by atoms with van der Waals surface area (Å²) in [5, 5.41) is 2.89. The van der Waals surface area contributed by atoms with Gasteiger partial charge in [0.15, 0.2) is 11.5 Å². The van der Waals surface area contributed by atoms with Crippen molar-refractivity contribution in [3.8, 4) is 11.5 Å². The van der Waals surface area contributed by atoms with Crippen molar-refractivity contribution in [2.75, 3.05) is 14.2 Å². The van der Waals surface area contributed by atoms with Crippen LogP contribution >= 0.6 is 11.6 Å². The van der Waals surface area contributed by atoms with Crippen LogP contribution in [0.25, 0.3) is 0 Å². The number of rotatable bonds is 5. The molecule has 0 fully saturated rings. The molecule has 0 bridgehead atoms. The molecule has 0 aliphatic carbocycles. The molecular weight excluding hydrogens is 322 g/mol. The van der Waals surface area contributed by atoms with E-state index in [0.29, 0.717) is 28.4 Å². The summed E-state index contributed by atoms with van der Waals surface area (Å²) in [6, 6.07) is 3.09. The number of aldehydes is 1. The molecule has 0 aromatic heterocycles. The molecule has 1 amide bonds. The predicted molar refractivity (Wildman–Crippen MR) is 87.3 cm³/mol. The van der Waals surface area contributed by atoms with Crippen LogP contribution in [0.3, 0.4) is 0 Å². The number of amides is 1. The van der Waals surface area contributed by atoms with Gasteiger partial charge in [-0.05, 0) is 33.8 Å². The Bertz CT molecular complexity index is 597. The first kappa shape index (κ1) is 19.1. The number of methoxy groups -OCH3 is 2. The summed E-state index contributed by atoms with van der Waals surface area (Å²) in [4.78, 5) is 23.7. The molecule has 1 aromatic rings. The van der Waals surface area contributed by atoms with Gasteiger partial charge >= 0.3 is 6.09 Å². The van der Waals surface area contributed by atoms with Crippen molar-refractivity contribution < 1.29 is 23.8 Å². The Morgan fingerprint density at radius 3 is 2.22 bits per heavy atom.